The van der Waals surface area contributed by atoms with Crippen LogP contribution in [0.25, 0.3) is 0 Å². The van der Waals surface area contributed by atoms with Gasteiger partial charge < -0.3 is 31.2 Å². The maximum atomic E-state index is 11.0. The highest BCUT2D eigenvalue weighted by Gasteiger charge is 2.27. The summed E-state index contributed by atoms with van der Waals surface area (Å²) in [5.74, 6) is -0.359. The van der Waals surface area contributed by atoms with Crippen molar-refractivity contribution in [3.8, 4) is 0 Å². The molecule has 0 spiro atoms. The molecule has 0 aromatic rings. The Morgan fingerprint density at radius 3 is 1.40 bits per heavy atom. The average Bonchev–Trinajstić information content (AvgIpc) is 2.89. The second kappa shape index (κ2) is 28.9. The molecule has 0 aromatic heterocycles. The first-order chi connectivity index (χ1) is 22.1. The average molecular weight is 689 g/mol. The SMILES string of the molecule is CC(C)CC1CC(=O)OC(=O)C1.CC(C)C[C@H](CC(N)=O)CC(=O)O.CC[C@@H](CN)CC(C)C.COC(=O)C[C@H](CC(=O)O)CC(C)C. The Labute approximate surface area is 289 Å². The van der Waals surface area contributed by atoms with Gasteiger partial charge in [-0.2, -0.15) is 0 Å². The number of hydrogen-bond acceptors (Lipinski definition) is 9. The van der Waals surface area contributed by atoms with E-state index in [1.54, 1.807) is 0 Å². The van der Waals surface area contributed by atoms with Crippen LogP contribution in [-0.2, 0) is 38.2 Å². The van der Waals surface area contributed by atoms with Crippen LogP contribution < -0.4 is 11.5 Å². The number of carboxylic acids is 2. The van der Waals surface area contributed by atoms with Gasteiger partial charge in [-0.25, -0.2) is 0 Å². The van der Waals surface area contributed by atoms with E-state index >= 15 is 0 Å². The largest absolute Gasteiger partial charge is 0.481 e. The molecule has 282 valence electrons. The summed E-state index contributed by atoms with van der Waals surface area (Å²) in [6, 6.07) is 0. The van der Waals surface area contributed by atoms with Gasteiger partial charge in [-0.05, 0) is 79.6 Å². The Morgan fingerprint density at radius 2 is 1.12 bits per heavy atom. The lowest BCUT2D eigenvalue weighted by Gasteiger charge is -2.20. The molecule has 1 aliphatic heterocycles. The quantitative estimate of drug-likeness (QED) is 0.0937. The minimum atomic E-state index is -0.869. The summed E-state index contributed by atoms with van der Waals surface area (Å²) in [5, 5.41) is 17.2. The second-order valence-corrected chi connectivity index (χ2v) is 14.5. The minimum Gasteiger partial charge on any atom is -0.481 e. The van der Waals surface area contributed by atoms with E-state index in [1.807, 2.05) is 27.7 Å². The van der Waals surface area contributed by atoms with Crippen molar-refractivity contribution in [3.63, 3.8) is 0 Å². The lowest BCUT2D eigenvalue weighted by atomic mass is 9.90. The fourth-order valence-corrected chi connectivity index (χ4v) is 5.59. The van der Waals surface area contributed by atoms with Gasteiger partial charge in [0.05, 0.1) is 7.11 Å². The number of carboxylic acid groups (broad SMARTS) is 2. The molecule has 48 heavy (non-hydrogen) atoms. The van der Waals surface area contributed by atoms with Crippen LogP contribution in [-0.4, -0.2) is 59.6 Å². The van der Waals surface area contributed by atoms with Gasteiger partial charge in [-0.15, -0.1) is 0 Å². The molecular formula is C36H68N2O10. The van der Waals surface area contributed by atoms with Gasteiger partial charge >= 0.3 is 29.8 Å². The molecule has 1 saturated heterocycles. The van der Waals surface area contributed by atoms with E-state index in [0.29, 0.717) is 30.6 Å². The Balaban J connectivity index is -0.000000569. The third-order valence-electron chi connectivity index (χ3n) is 7.37. The minimum absolute atomic E-state index is 0.0289. The van der Waals surface area contributed by atoms with Crippen molar-refractivity contribution in [2.75, 3.05) is 13.7 Å². The van der Waals surface area contributed by atoms with Crippen LogP contribution in [0, 0.1) is 47.3 Å². The molecule has 0 bridgehead atoms. The number of aliphatic carboxylic acids is 2. The molecule has 0 unspecified atom stereocenters. The van der Waals surface area contributed by atoms with Crippen molar-refractivity contribution in [1.29, 1.82) is 0 Å². The topological polar surface area (TPSA) is 213 Å². The van der Waals surface area contributed by atoms with Gasteiger partial charge in [0.2, 0.25) is 5.91 Å². The maximum Gasteiger partial charge on any atom is 0.313 e. The van der Waals surface area contributed by atoms with Gasteiger partial charge in [-0.3, -0.25) is 28.8 Å². The van der Waals surface area contributed by atoms with Crippen LogP contribution in [0.4, 0.5) is 0 Å². The Kier molecular flexibility index (Phi) is 29.8. The second-order valence-electron chi connectivity index (χ2n) is 14.5. The lowest BCUT2D eigenvalue weighted by Crippen LogP contribution is -2.26. The molecule has 1 rings (SSSR count). The predicted molar refractivity (Wildman–Crippen MR) is 186 cm³/mol. The Morgan fingerprint density at radius 1 is 0.729 bits per heavy atom. The van der Waals surface area contributed by atoms with Gasteiger partial charge in [0.15, 0.2) is 0 Å². The molecular weight excluding hydrogens is 620 g/mol. The summed E-state index contributed by atoms with van der Waals surface area (Å²) in [5.41, 5.74) is 10.5. The summed E-state index contributed by atoms with van der Waals surface area (Å²) >= 11 is 0. The van der Waals surface area contributed by atoms with Crippen LogP contribution >= 0.6 is 0 Å². The first kappa shape index (κ1) is 49.4. The third kappa shape index (κ3) is 34.3. The van der Waals surface area contributed by atoms with Crippen LogP contribution in [0.1, 0.15) is 133 Å². The zero-order chi connectivity index (χ0) is 38.0. The summed E-state index contributed by atoms with van der Waals surface area (Å²) in [6.07, 6.45) is 6.16. The smallest absolute Gasteiger partial charge is 0.313 e. The number of carbonyl (C=O) groups excluding carboxylic acids is 4. The molecule has 0 radical (unpaired) electrons. The fraction of sp³-hybridized carbons (Fsp3) is 0.833. The number of methoxy groups -OCH3 is 1. The van der Waals surface area contributed by atoms with Crippen LogP contribution in [0.5, 0.6) is 0 Å². The number of rotatable bonds is 18. The lowest BCUT2D eigenvalue weighted by molar-refractivity contribution is -0.165. The summed E-state index contributed by atoms with van der Waals surface area (Å²) < 4.78 is 8.93. The number of cyclic esters (lactones) is 2. The standard InChI is InChI=1S/C10H18O4.C9H17NO3.C9H14O3.C8H19N/c1-7(2)4-8(5-9(11)12)6-10(13)14-3;1-6(2)3-7(4-8(10)11)5-9(12)13;1-6(2)3-7-4-8(10)12-9(11)5-7;1-4-8(6-9)5-7(2)3/h7-8H,4-6H2,1-3H3,(H,11,12);6-7H,3-5H2,1-2H3,(H2,10,11)(H,12,13);6-7H,3-5H2,1-2H3;7-8H,4-6,9H2,1-3H3/t8-;7-;;8-/m01.1/s1. The van der Waals surface area contributed by atoms with Gasteiger partial charge in [-0.1, -0.05) is 68.7 Å². The number of esters is 3. The summed E-state index contributed by atoms with van der Waals surface area (Å²) in [6.45, 7) is 19.7. The van der Waals surface area contributed by atoms with E-state index in [-0.39, 0.29) is 61.3 Å². The molecule has 12 heteroatoms. The van der Waals surface area contributed by atoms with Crippen molar-refractivity contribution in [2.24, 2.45) is 58.8 Å². The number of ether oxygens (including phenoxy) is 2. The van der Waals surface area contributed by atoms with Crippen LogP contribution in [0.3, 0.4) is 0 Å². The molecule has 3 atom stereocenters. The first-order valence-electron chi connectivity index (χ1n) is 17.4. The molecule has 0 aromatic carbocycles. The number of amides is 1. The third-order valence-corrected chi connectivity index (χ3v) is 7.37. The number of hydrogen-bond donors (Lipinski definition) is 4. The molecule has 1 amide bonds. The van der Waals surface area contributed by atoms with Crippen LogP contribution in [0.2, 0.25) is 0 Å². The number of primary amides is 1. The van der Waals surface area contributed by atoms with E-state index in [1.165, 1.54) is 20.0 Å². The molecule has 1 heterocycles. The monoisotopic (exact) mass is 688 g/mol. The number of carbonyl (C=O) groups is 6. The van der Waals surface area contributed by atoms with Gasteiger partial charge in [0.1, 0.15) is 0 Å². The highest BCUT2D eigenvalue weighted by Crippen LogP contribution is 2.24. The fourth-order valence-electron chi connectivity index (χ4n) is 5.59. The van der Waals surface area contributed by atoms with Gasteiger partial charge in [0, 0.05) is 38.5 Å². The Hall–Kier alpha value is -3.02. The molecule has 1 fully saturated rings. The van der Waals surface area contributed by atoms with Crippen molar-refractivity contribution in [3.05, 3.63) is 0 Å². The normalized spacial score (nSPS) is 14.8. The van der Waals surface area contributed by atoms with E-state index in [4.69, 9.17) is 21.7 Å². The molecule has 6 N–H and O–H groups in total. The molecule has 12 nitrogen and oxygen atoms in total. The Bertz CT molecular complexity index is 898. The van der Waals surface area contributed by atoms with E-state index < -0.39 is 17.8 Å². The zero-order valence-corrected chi connectivity index (χ0v) is 31.4. The first-order valence-corrected chi connectivity index (χ1v) is 17.4. The van der Waals surface area contributed by atoms with E-state index in [9.17, 15) is 28.8 Å². The highest BCUT2D eigenvalue weighted by molar-refractivity contribution is 5.88. The van der Waals surface area contributed by atoms with Crippen molar-refractivity contribution < 1.29 is 48.5 Å². The van der Waals surface area contributed by atoms with Crippen molar-refractivity contribution in [1.82, 2.24) is 0 Å². The van der Waals surface area contributed by atoms with E-state index in [0.717, 1.165) is 37.6 Å². The van der Waals surface area contributed by atoms with Crippen molar-refractivity contribution in [2.45, 2.75) is 133 Å². The van der Waals surface area contributed by atoms with Gasteiger partial charge in [0.25, 0.3) is 0 Å². The summed E-state index contributed by atoms with van der Waals surface area (Å²) in [4.78, 5) is 64.1. The molecule has 0 saturated carbocycles. The van der Waals surface area contributed by atoms with Crippen LogP contribution in [0.15, 0.2) is 0 Å². The highest BCUT2D eigenvalue weighted by atomic mass is 16.6. The molecule has 0 aliphatic carbocycles. The predicted octanol–water partition coefficient (Wildman–Crippen LogP) is 6.22. The summed E-state index contributed by atoms with van der Waals surface area (Å²) in [7, 11) is 1.32. The zero-order valence-electron chi connectivity index (χ0n) is 31.4. The molecule has 1 aliphatic rings. The van der Waals surface area contributed by atoms with Crippen molar-refractivity contribution >= 4 is 35.8 Å². The maximum absolute atomic E-state index is 11.0. The van der Waals surface area contributed by atoms with E-state index in [2.05, 4.69) is 44.1 Å². The number of nitrogens with two attached hydrogens (primary N) is 2.